The predicted octanol–water partition coefficient (Wildman–Crippen LogP) is 5.20. The molecule has 0 aliphatic rings. The first-order valence-corrected chi connectivity index (χ1v) is 5.82. The zero-order valence-electron chi connectivity index (χ0n) is 10.5. The third-order valence-electron chi connectivity index (χ3n) is 2.01. The van der Waals surface area contributed by atoms with Gasteiger partial charge in [0.15, 0.2) is 0 Å². The van der Waals surface area contributed by atoms with Crippen molar-refractivity contribution in [2.45, 2.75) is 34.6 Å². The molecule has 82 valence electrons. The molecular formula is C15H22. The normalized spacial score (nSPS) is 8.33. The van der Waals surface area contributed by atoms with Gasteiger partial charge in [-0.15, -0.1) is 0 Å². The van der Waals surface area contributed by atoms with Crippen LogP contribution in [0.4, 0.5) is 0 Å². The first-order valence-electron chi connectivity index (χ1n) is 5.82. The van der Waals surface area contributed by atoms with Crippen molar-refractivity contribution < 1.29 is 0 Å². The second kappa shape index (κ2) is 8.05. The molecule has 0 spiro atoms. The Bertz CT molecular complexity index is 369. The van der Waals surface area contributed by atoms with Crippen LogP contribution in [0.15, 0.2) is 42.5 Å². The molecule has 0 heterocycles. The molecule has 0 saturated heterocycles. The van der Waals surface area contributed by atoms with Gasteiger partial charge < -0.3 is 0 Å². The lowest BCUT2D eigenvalue weighted by atomic mass is 10.1. The van der Waals surface area contributed by atoms with E-state index >= 15 is 0 Å². The van der Waals surface area contributed by atoms with E-state index in [0.717, 1.165) is 0 Å². The van der Waals surface area contributed by atoms with Crippen molar-refractivity contribution in [3.05, 3.63) is 48.0 Å². The van der Waals surface area contributed by atoms with Gasteiger partial charge in [0, 0.05) is 0 Å². The van der Waals surface area contributed by atoms with Crippen molar-refractivity contribution in [1.29, 1.82) is 0 Å². The van der Waals surface area contributed by atoms with Crippen LogP contribution in [0.3, 0.4) is 0 Å². The Labute approximate surface area is 93.9 Å². The number of rotatable bonds is 0. The molecule has 2 aromatic carbocycles. The Morgan fingerprint density at radius 1 is 0.667 bits per heavy atom. The van der Waals surface area contributed by atoms with Gasteiger partial charge in [0.05, 0.1) is 0 Å². The molecule has 0 radical (unpaired) electrons. The Kier molecular flexibility index (Phi) is 7.35. The van der Waals surface area contributed by atoms with Gasteiger partial charge in [0.2, 0.25) is 0 Å². The number of fused-ring (bicyclic) bond motifs is 1. The average molecular weight is 202 g/mol. The summed E-state index contributed by atoms with van der Waals surface area (Å²) in [5.74, 6) is 0. The van der Waals surface area contributed by atoms with Crippen LogP contribution in [0.2, 0.25) is 0 Å². The van der Waals surface area contributed by atoms with Gasteiger partial charge in [-0.3, -0.25) is 0 Å². The highest BCUT2D eigenvalue weighted by atomic mass is 14.0. The van der Waals surface area contributed by atoms with Crippen molar-refractivity contribution in [2.75, 3.05) is 0 Å². The van der Waals surface area contributed by atoms with Crippen LogP contribution in [-0.4, -0.2) is 0 Å². The van der Waals surface area contributed by atoms with E-state index in [2.05, 4.69) is 49.4 Å². The maximum atomic E-state index is 2.16. The topological polar surface area (TPSA) is 0 Å². The Hall–Kier alpha value is -1.30. The van der Waals surface area contributed by atoms with Crippen LogP contribution in [-0.2, 0) is 0 Å². The van der Waals surface area contributed by atoms with Crippen molar-refractivity contribution in [2.24, 2.45) is 0 Å². The largest absolute Gasteiger partial charge is 0.0683 e. The van der Waals surface area contributed by atoms with Gasteiger partial charge in [-0.05, 0) is 23.3 Å². The third kappa shape index (κ3) is 3.75. The highest BCUT2D eigenvalue weighted by Gasteiger charge is 1.91. The molecule has 0 nitrogen and oxygen atoms in total. The lowest BCUT2D eigenvalue weighted by molar-refractivity contribution is 1.50. The summed E-state index contributed by atoms with van der Waals surface area (Å²) in [5.41, 5.74) is 1.35. The molecule has 2 rings (SSSR count). The summed E-state index contributed by atoms with van der Waals surface area (Å²) >= 11 is 0. The smallest absolute Gasteiger partial charge is 0.0155 e. The van der Waals surface area contributed by atoms with Crippen molar-refractivity contribution >= 4 is 10.8 Å². The summed E-state index contributed by atoms with van der Waals surface area (Å²) in [5, 5.41) is 2.68. The highest BCUT2D eigenvalue weighted by Crippen LogP contribution is 2.16. The van der Waals surface area contributed by atoms with Crippen LogP contribution in [0.1, 0.15) is 33.3 Å². The van der Waals surface area contributed by atoms with Gasteiger partial charge in [0.25, 0.3) is 0 Å². The molecule has 0 unspecified atom stereocenters. The zero-order valence-corrected chi connectivity index (χ0v) is 10.5. The molecule has 2 aromatic rings. The molecule has 0 aliphatic heterocycles. The maximum Gasteiger partial charge on any atom is -0.0155 e. The van der Waals surface area contributed by atoms with E-state index in [1.165, 1.54) is 16.3 Å². The molecule has 0 amide bonds. The molecule has 0 N–H and O–H groups in total. The number of aryl methyl sites for hydroxylation is 1. The third-order valence-corrected chi connectivity index (χ3v) is 2.01. The van der Waals surface area contributed by atoms with Gasteiger partial charge in [-0.25, -0.2) is 0 Å². The number of hydrogen-bond acceptors (Lipinski definition) is 0. The van der Waals surface area contributed by atoms with E-state index in [1.807, 2.05) is 27.7 Å². The summed E-state index contributed by atoms with van der Waals surface area (Å²) in [6, 6.07) is 14.8. The maximum absolute atomic E-state index is 2.16. The standard InChI is InChI=1S/C11H10.2C2H6/c1-9-5-4-7-10-6-2-3-8-11(9)10;2*1-2/h2-8H,1H3;2*1-2H3. The Morgan fingerprint density at radius 3 is 1.80 bits per heavy atom. The molecule has 0 heteroatoms. The summed E-state index contributed by atoms with van der Waals surface area (Å²) in [4.78, 5) is 0. The van der Waals surface area contributed by atoms with E-state index in [1.54, 1.807) is 0 Å². The van der Waals surface area contributed by atoms with E-state index in [4.69, 9.17) is 0 Å². The van der Waals surface area contributed by atoms with Crippen LogP contribution in [0.5, 0.6) is 0 Å². The Balaban J connectivity index is 0.000000442. The second-order valence-electron chi connectivity index (χ2n) is 2.80. The first-order chi connectivity index (χ1) is 7.38. The Morgan fingerprint density at radius 2 is 1.20 bits per heavy atom. The van der Waals surface area contributed by atoms with Crippen LogP contribution < -0.4 is 0 Å². The number of benzene rings is 2. The van der Waals surface area contributed by atoms with E-state index in [0.29, 0.717) is 0 Å². The molecule has 0 atom stereocenters. The van der Waals surface area contributed by atoms with Crippen molar-refractivity contribution in [1.82, 2.24) is 0 Å². The highest BCUT2D eigenvalue weighted by molar-refractivity contribution is 5.85. The van der Waals surface area contributed by atoms with Crippen LogP contribution in [0, 0.1) is 6.92 Å². The fourth-order valence-corrected chi connectivity index (χ4v) is 1.39. The van der Waals surface area contributed by atoms with Crippen LogP contribution >= 0.6 is 0 Å². The number of hydrogen-bond donors (Lipinski definition) is 0. The van der Waals surface area contributed by atoms with Crippen molar-refractivity contribution in [3.8, 4) is 0 Å². The average Bonchev–Trinajstić information content (AvgIpc) is 2.35. The minimum atomic E-state index is 1.33. The molecule has 0 aliphatic carbocycles. The lowest BCUT2D eigenvalue weighted by Crippen LogP contribution is -1.75. The minimum absolute atomic E-state index is 1.33. The SMILES string of the molecule is CC.CC.Cc1cccc2ccccc12. The van der Waals surface area contributed by atoms with Gasteiger partial charge in [-0.2, -0.15) is 0 Å². The molecular weight excluding hydrogens is 180 g/mol. The second-order valence-corrected chi connectivity index (χ2v) is 2.80. The molecule has 0 fully saturated rings. The monoisotopic (exact) mass is 202 g/mol. The van der Waals surface area contributed by atoms with Gasteiger partial charge >= 0.3 is 0 Å². The molecule has 15 heavy (non-hydrogen) atoms. The van der Waals surface area contributed by atoms with Gasteiger partial charge in [-0.1, -0.05) is 70.2 Å². The first kappa shape index (κ1) is 13.7. The zero-order chi connectivity index (χ0) is 11.7. The molecule has 0 saturated carbocycles. The van der Waals surface area contributed by atoms with Crippen molar-refractivity contribution in [3.63, 3.8) is 0 Å². The fraction of sp³-hybridized carbons (Fsp3) is 0.333. The summed E-state index contributed by atoms with van der Waals surface area (Å²) in [6.45, 7) is 10.1. The summed E-state index contributed by atoms with van der Waals surface area (Å²) in [7, 11) is 0. The lowest BCUT2D eigenvalue weighted by Gasteiger charge is -1.98. The van der Waals surface area contributed by atoms with Gasteiger partial charge in [0.1, 0.15) is 0 Å². The summed E-state index contributed by atoms with van der Waals surface area (Å²) in [6.07, 6.45) is 0. The predicted molar refractivity (Wildman–Crippen MR) is 71.4 cm³/mol. The van der Waals surface area contributed by atoms with E-state index in [-0.39, 0.29) is 0 Å². The van der Waals surface area contributed by atoms with Crippen LogP contribution in [0.25, 0.3) is 10.8 Å². The summed E-state index contributed by atoms with van der Waals surface area (Å²) < 4.78 is 0. The fourth-order valence-electron chi connectivity index (χ4n) is 1.39. The van der Waals surface area contributed by atoms with E-state index < -0.39 is 0 Å². The molecule has 0 aromatic heterocycles. The quantitative estimate of drug-likeness (QED) is 0.550. The molecule has 0 bridgehead atoms. The minimum Gasteiger partial charge on any atom is -0.0683 e. The van der Waals surface area contributed by atoms with E-state index in [9.17, 15) is 0 Å².